The Bertz CT molecular complexity index is 1130. The van der Waals surface area contributed by atoms with Crippen LogP contribution in [-0.4, -0.2) is 59.3 Å². The maximum absolute atomic E-state index is 13.2. The molecule has 0 aliphatic carbocycles. The first-order chi connectivity index (χ1) is 16.0. The summed E-state index contributed by atoms with van der Waals surface area (Å²) in [6, 6.07) is 13.4. The number of carbonyl (C=O) groups excluding carboxylic acids is 2. The van der Waals surface area contributed by atoms with Crippen molar-refractivity contribution < 1.29 is 14.0 Å². The molecule has 2 aromatic carbocycles. The summed E-state index contributed by atoms with van der Waals surface area (Å²) in [5.41, 5.74) is 1.91. The highest BCUT2D eigenvalue weighted by atomic mass is 35.5. The van der Waals surface area contributed by atoms with E-state index in [1.165, 1.54) is 23.5 Å². The Labute approximate surface area is 200 Å². The van der Waals surface area contributed by atoms with Crippen LogP contribution in [0, 0.1) is 5.82 Å². The Hall–Kier alpha value is -3.01. The van der Waals surface area contributed by atoms with E-state index in [2.05, 4.69) is 15.6 Å². The highest BCUT2D eigenvalue weighted by Crippen LogP contribution is 2.24. The molecule has 172 valence electrons. The fourth-order valence-electron chi connectivity index (χ4n) is 3.50. The molecule has 1 aromatic heterocycles. The van der Waals surface area contributed by atoms with Gasteiger partial charge in [-0.25, -0.2) is 9.37 Å². The van der Waals surface area contributed by atoms with E-state index in [4.69, 9.17) is 11.6 Å². The van der Waals surface area contributed by atoms with Crippen molar-refractivity contribution in [3.63, 3.8) is 0 Å². The second-order valence-corrected chi connectivity index (χ2v) is 8.94. The van der Waals surface area contributed by atoms with E-state index >= 15 is 0 Å². The van der Waals surface area contributed by atoms with Crippen LogP contribution in [0.5, 0.6) is 0 Å². The first-order valence-electron chi connectivity index (χ1n) is 10.5. The first kappa shape index (κ1) is 23.2. The lowest BCUT2D eigenvalue weighted by atomic mass is 10.2. The summed E-state index contributed by atoms with van der Waals surface area (Å²) in [4.78, 5) is 33.2. The molecule has 0 spiro atoms. The highest BCUT2D eigenvalue weighted by molar-refractivity contribution is 7.14. The largest absolute Gasteiger partial charge is 0.351 e. The Kier molecular flexibility index (Phi) is 7.54. The molecule has 0 atom stereocenters. The van der Waals surface area contributed by atoms with Gasteiger partial charge in [-0.3, -0.25) is 14.5 Å². The van der Waals surface area contributed by atoms with Crippen LogP contribution in [0.2, 0.25) is 5.02 Å². The summed E-state index contributed by atoms with van der Waals surface area (Å²) >= 11 is 7.36. The number of halogens is 2. The van der Waals surface area contributed by atoms with Crippen molar-refractivity contribution in [1.29, 1.82) is 0 Å². The fraction of sp³-hybridized carbons (Fsp3) is 0.261. The number of hydrogen-bond donors (Lipinski definition) is 2. The summed E-state index contributed by atoms with van der Waals surface area (Å²) in [5, 5.41) is 8.94. The third-order valence-corrected chi connectivity index (χ3v) is 6.20. The molecule has 2 heterocycles. The summed E-state index contributed by atoms with van der Waals surface area (Å²) in [6.07, 6.45) is 0. The lowest BCUT2D eigenvalue weighted by Gasteiger charge is -2.33. The molecule has 2 N–H and O–H groups in total. The van der Waals surface area contributed by atoms with Crippen molar-refractivity contribution in [2.75, 3.05) is 38.0 Å². The molecule has 10 heteroatoms. The lowest BCUT2D eigenvalue weighted by molar-refractivity contribution is -0.122. The SMILES string of the molecule is O=C(CN1CCN(C(=O)c2csc(Nc3cccc(Cl)c3)n2)CC1)NCc1cccc(F)c1. The van der Waals surface area contributed by atoms with Gasteiger partial charge in [0, 0.05) is 48.8 Å². The van der Waals surface area contributed by atoms with Gasteiger partial charge in [-0.15, -0.1) is 11.3 Å². The van der Waals surface area contributed by atoms with Crippen molar-refractivity contribution in [1.82, 2.24) is 20.1 Å². The van der Waals surface area contributed by atoms with Gasteiger partial charge in [0.25, 0.3) is 5.91 Å². The van der Waals surface area contributed by atoms with E-state index in [-0.39, 0.29) is 30.7 Å². The van der Waals surface area contributed by atoms with Crippen LogP contribution in [0.25, 0.3) is 0 Å². The average molecular weight is 488 g/mol. The van der Waals surface area contributed by atoms with Gasteiger partial charge in [-0.2, -0.15) is 0 Å². The first-order valence-corrected chi connectivity index (χ1v) is 11.7. The van der Waals surface area contributed by atoms with Crippen LogP contribution in [0.4, 0.5) is 15.2 Å². The molecule has 2 amide bonds. The van der Waals surface area contributed by atoms with Crippen molar-refractivity contribution in [2.24, 2.45) is 0 Å². The number of thiazole rings is 1. The Morgan fingerprint density at radius 3 is 2.64 bits per heavy atom. The summed E-state index contributed by atoms with van der Waals surface area (Å²) in [7, 11) is 0. The molecule has 1 saturated heterocycles. The summed E-state index contributed by atoms with van der Waals surface area (Å²) < 4.78 is 13.2. The highest BCUT2D eigenvalue weighted by Gasteiger charge is 2.24. The van der Waals surface area contributed by atoms with E-state index in [1.54, 1.807) is 34.5 Å². The average Bonchev–Trinajstić information content (AvgIpc) is 3.26. The minimum Gasteiger partial charge on any atom is -0.351 e. The topological polar surface area (TPSA) is 77.6 Å². The van der Waals surface area contributed by atoms with Crippen molar-refractivity contribution >= 4 is 45.6 Å². The van der Waals surface area contributed by atoms with Crippen LogP contribution in [0.3, 0.4) is 0 Å². The van der Waals surface area contributed by atoms with Gasteiger partial charge >= 0.3 is 0 Å². The molecule has 0 saturated carbocycles. The normalized spacial score (nSPS) is 14.2. The third kappa shape index (κ3) is 6.50. The van der Waals surface area contributed by atoms with E-state index in [9.17, 15) is 14.0 Å². The second kappa shape index (κ2) is 10.7. The molecule has 0 unspecified atom stereocenters. The number of nitrogens with one attached hydrogen (secondary N) is 2. The van der Waals surface area contributed by atoms with Gasteiger partial charge in [0.2, 0.25) is 5.91 Å². The van der Waals surface area contributed by atoms with Gasteiger partial charge in [0.1, 0.15) is 11.5 Å². The number of carbonyl (C=O) groups is 2. The smallest absolute Gasteiger partial charge is 0.273 e. The molecular weight excluding hydrogens is 465 g/mol. The van der Waals surface area contributed by atoms with E-state index in [1.807, 2.05) is 17.0 Å². The molecule has 0 bridgehead atoms. The molecule has 33 heavy (non-hydrogen) atoms. The van der Waals surface area contributed by atoms with Crippen molar-refractivity contribution in [3.05, 3.63) is 76.0 Å². The third-order valence-electron chi connectivity index (χ3n) is 5.20. The van der Waals surface area contributed by atoms with E-state index in [0.717, 1.165) is 5.69 Å². The van der Waals surface area contributed by atoms with Crippen LogP contribution >= 0.6 is 22.9 Å². The molecule has 3 aromatic rings. The van der Waals surface area contributed by atoms with Gasteiger partial charge in [0.15, 0.2) is 5.13 Å². The van der Waals surface area contributed by atoms with Gasteiger partial charge in [-0.05, 0) is 35.9 Å². The van der Waals surface area contributed by atoms with E-state index < -0.39 is 0 Å². The fourth-order valence-corrected chi connectivity index (χ4v) is 4.39. The number of aromatic nitrogens is 1. The predicted molar refractivity (Wildman–Crippen MR) is 127 cm³/mol. The number of benzene rings is 2. The predicted octanol–water partition coefficient (Wildman–Crippen LogP) is 3.75. The maximum Gasteiger partial charge on any atom is 0.273 e. The second-order valence-electron chi connectivity index (χ2n) is 7.65. The Morgan fingerprint density at radius 1 is 1.09 bits per heavy atom. The zero-order valence-corrected chi connectivity index (χ0v) is 19.3. The monoisotopic (exact) mass is 487 g/mol. The van der Waals surface area contributed by atoms with E-state index in [0.29, 0.717) is 47.6 Å². The Morgan fingerprint density at radius 2 is 1.88 bits per heavy atom. The number of nitrogens with zero attached hydrogens (tertiary/aromatic N) is 3. The van der Waals surface area contributed by atoms with Crippen LogP contribution < -0.4 is 10.6 Å². The number of hydrogen-bond acceptors (Lipinski definition) is 6. The summed E-state index contributed by atoms with van der Waals surface area (Å²) in [5.74, 6) is -0.578. The number of anilines is 2. The zero-order valence-electron chi connectivity index (χ0n) is 17.8. The van der Waals surface area contributed by atoms with Gasteiger partial charge < -0.3 is 15.5 Å². The Balaban J connectivity index is 1.23. The molecular formula is C23H23ClFN5O2S. The van der Waals surface area contributed by atoms with Crippen LogP contribution in [0.1, 0.15) is 16.1 Å². The van der Waals surface area contributed by atoms with Crippen molar-refractivity contribution in [3.8, 4) is 0 Å². The molecule has 1 fully saturated rings. The summed E-state index contributed by atoms with van der Waals surface area (Å²) in [6.45, 7) is 2.75. The number of piperazine rings is 1. The van der Waals surface area contributed by atoms with Gasteiger partial charge in [0.05, 0.1) is 6.54 Å². The molecule has 7 nitrogen and oxygen atoms in total. The lowest BCUT2D eigenvalue weighted by Crippen LogP contribution is -2.51. The van der Waals surface area contributed by atoms with Crippen LogP contribution in [0.15, 0.2) is 53.9 Å². The van der Waals surface area contributed by atoms with Crippen LogP contribution in [-0.2, 0) is 11.3 Å². The van der Waals surface area contributed by atoms with Gasteiger partial charge in [-0.1, -0.05) is 29.8 Å². The maximum atomic E-state index is 13.2. The minimum atomic E-state index is -0.324. The number of rotatable bonds is 7. The zero-order chi connectivity index (χ0) is 23.2. The minimum absolute atomic E-state index is 0.124. The van der Waals surface area contributed by atoms with Crippen molar-refractivity contribution in [2.45, 2.75) is 6.54 Å². The quantitative estimate of drug-likeness (QED) is 0.530. The molecule has 4 rings (SSSR count). The number of amides is 2. The molecule has 1 aliphatic rings. The molecule has 1 aliphatic heterocycles. The standard InChI is InChI=1S/C23H23ClFN5O2S/c24-17-4-2-6-19(12-17)27-23-28-20(15-33-23)22(32)30-9-7-29(8-10-30)14-21(31)26-13-16-3-1-5-18(25)11-16/h1-6,11-12,15H,7-10,13-14H2,(H,26,31)(H,27,28). The molecule has 0 radical (unpaired) electrons.